The number of nitro groups is 1. The Kier molecular flexibility index (Phi) is 4.11. The van der Waals surface area contributed by atoms with E-state index in [2.05, 4.69) is 5.10 Å². The number of thiophene rings is 1. The van der Waals surface area contributed by atoms with Gasteiger partial charge < -0.3 is 0 Å². The zero-order valence-corrected chi connectivity index (χ0v) is 11.6. The standard InChI is InChI=1S/C11H9N3O4S2/c15-14(16)10-1-3-11(4-2-10)20(17,18)13-12-7-9-5-6-19-8-9/h1-8,13H/b12-7-. The monoisotopic (exact) mass is 311 g/mol. The van der Waals surface area contributed by atoms with Gasteiger partial charge in [-0.2, -0.15) is 24.9 Å². The van der Waals surface area contributed by atoms with Crippen molar-refractivity contribution in [2.75, 3.05) is 0 Å². The van der Waals surface area contributed by atoms with Crippen LogP contribution in [0.1, 0.15) is 5.56 Å². The third kappa shape index (κ3) is 3.39. The lowest BCUT2D eigenvalue weighted by Crippen LogP contribution is -2.18. The molecule has 20 heavy (non-hydrogen) atoms. The fraction of sp³-hybridized carbons (Fsp3) is 0. The molecule has 2 aromatic rings. The van der Waals surface area contributed by atoms with Crippen molar-refractivity contribution in [3.8, 4) is 0 Å². The number of hydrazone groups is 1. The van der Waals surface area contributed by atoms with Gasteiger partial charge in [-0.25, -0.2) is 4.83 Å². The van der Waals surface area contributed by atoms with Gasteiger partial charge in [0.15, 0.2) is 0 Å². The van der Waals surface area contributed by atoms with E-state index in [4.69, 9.17) is 0 Å². The predicted octanol–water partition coefficient (Wildman–Crippen LogP) is 1.97. The predicted molar refractivity (Wildman–Crippen MR) is 75.3 cm³/mol. The van der Waals surface area contributed by atoms with Crippen molar-refractivity contribution < 1.29 is 13.3 Å². The first-order chi connectivity index (χ1) is 9.49. The number of nitro benzene ring substituents is 1. The molecule has 0 saturated heterocycles. The summed E-state index contributed by atoms with van der Waals surface area (Å²) in [5.74, 6) is 0. The average Bonchev–Trinajstić information content (AvgIpc) is 2.92. The van der Waals surface area contributed by atoms with Crippen LogP contribution in [0.15, 0.2) is 51.1 Å². The molecule has 0 amide bonds. The summed E-state index contributed by atoms with van der Waals surface area (Å²) in [7, 11) is -3.82. The zero-order chi connectivity index (χ0) is 14.6. The number of hydrogen-bond acceptors (Lipinski definition) is 6. The second-order valence-corrected chi connectivity index (χ2v) is 6.10. The minimum atomic E-state index is -3.82. The van der Waals surface area contributed by atoms with E-state index >= 15 is 0 Å². The zero-order valence-electron chi connectivity index (χ0n) is 9.96. The fourth-order valence-electron chi connectivity index (χ4n) is 1.32. The van der Waals surface area contributed by atoms with Gasteiger partial charge in [-0.3, -0.25) is 10.1 Å². The number of hydrogen-bond donors (Lipinski definition) is 1. The van der Waals surface area contributed by atoms with E-state index in [1.165, 1.54) is 17.6 Å². The molecule has 2 rings (SSSR count). The minimum absolute atomic E-state index is 0.0921. The van der Waals surface area contributed by atoms with Crippen molar-refractivity contribution >= 4 is 33.3 Å². The van der Waals surface area contributed by atoms with E-state index in [1.807, 2.05) is 15.6 Å². The highest BCUT2D eigenvalue weighted by Crippen LogP contribution is 2.15. The smallest absolute Gasteiger partial charge is 0.258 e. The van der Waals surface area contributed by atoms with Gasteiger partial charge in [-0.1, -0.05) is 0 Å². The van der Waals surface area contributed by atoms with E-state index in [0.29, 0.717) is 0 Å². The summed E-state index contributed by atoms with van der Waals surface area (Å²) >= 11 is 1.47. The van der Waals surface area contributed by atoms with Crippen molar-refractivity contribution in [3.63, 3.8) is 0 Å². The molecule has 104 valence electrons. The average molecular weight is 311 g/mol. The van der Waals surface area contributed by atoms with Gasteiger partial charge in [-0.05, 0) is 29.0 Å². The third-order valence-electron chi connectivity index (χ3n) is 2.29. The van der Waals surface area contributed by atoms with Crippen molar-refractivity contribution in [1.82, 2.24) is 4.83 Å². The number of non-ortho nitro benzene ring substituents is 1. The SMILES string of the molecule is O=[N+]([O-])c1ccc(S(=O)(=O)N/N=C\c2ccsc2)cc1. The van der Waals surface area contributed by atoms with Gasteiger partial charge in [0.25, 0.3) is 15.7 Å². The number of benzene rings is 1. The Balaban J connectivity index is 2.12. The maximum absolute atomic E-state index is 11.8. The lowest BCUT2D eigenvalue weighted by molar-refractivity contribution is -0.384. The van der Waals surface area contributed by atoms with Crippen LogP contribution in [0.3, 0.4) is 0 Å². The maximum Gasteiger partial charge on any atom is 0.276 e. The highest BCUT2D eigenvalue weighted by atomic mass is 32.2. The third-order valence-corrected chi connectivity index (χ3v) is 4.23. The molecule has 0 radical (unpaired) electrons. The molecule has 0 bridgehead atoms. The molecular weight excluding hydrogens is 302 g/mol. The van der Waals surface area contributed by atoms with Crippen LogP contribution in [-0.4, -0.2) is 19.6 Å². The first-order valence-corrected chi connectivity index (χ1v) is 7.73. The van der Waals surface area contributed by atoms with E-state index in [1.54, 1.807) is 6.07 Å². The molecule has 0 saturated carbocycles. The van der Waals surface area contributed by atoms with Gasteiger partial charge >= 0.3 is 0 Å². The lowest BCUT2D eigenvalue weighted by Gasteiger charge is -2.02. The van der Waals surface area contributed by atoms with Crippen molar-refractivity contribution in [1.29, 1.82) is 0 Å². The Morgan fingerprint density at radius 2 is 1.95 bits per heavy atom. The molecule has 0 aliphatic carbocycles. The van der Waals surface area contributed by atoms with Gasteiger partial charge in [0.1, 0.15) is 0 Å². The Bertz CT molecular complexity index is 722. The van der Waals surface area contributed by atoms with Crippen LogP contribution in [0.25, 0.3) is 0 Å². The summed E-state index contributed by atoms with van der Waals surface area (Å²) in [6.07, 6.45) is 1.37. The molecule has 0 unspecified atom stereocenters. The Morgan fingerprint density at radius 1 is 1.25 bits per heavy atom. The molecule has 7 nitrogen and oxygen atoms in total. The molecule has 0 atom stereocenters. The number of rotatable bonds is 5. The molecule has 1 aromatic heterocycles. The van der Waals surface area contributed by atoms with Crippen molar-refractivity contribution in [2.24, 2.45) is 5.10 Å². The van der Waals surface area contributed by atoms with Crippen LogP contribution in [0.2, 0.25) is 0 Å². The molecule has 0 aliphatic rings. The molecular formula is C11H9N3O4S2. The topological polar surface area (TPSA) is 102 Å². The van der Waals surface area contributed by atoms with Gasteiger partial charge in [0, 0.05) is 17.7 Å². The van der Waals surface area contributed by atoms with Crippen LogP contribution in [0.4, 0.5) is 5.69 Å². The molecule has 0 aliphatic heterocycles. The summed E-state index contributed by atoms with van der Waals surface area (Å²) in [4.78, 5) is 11.8. The summed E-state index contributed by atoms with van der Waals surface area (Å²) < 4.78 is 23.7. The Morgan fingerprint density at radius 3 is 2.50 bits per heavy atom. The lowest BCUT2D eigenvalue weighted by atomic mass is 10.3. The summed E-state index contributed by atoms with van der Waals surface area (Å²) in [6, 6.07) is 6.34. The van der Waals surface area contributed by atoms with E-state index in [0.717, 1.165) is 29.8 Å². The quantitative estimate of drug-likeness (QED) is 0.518. The van der Waals surface area contributed by atoms with Crippen LogP contribution in [0.5, 0.6) is 0 Å². The summed E-state index contributed by atoms with van der Waals surface area (Å²) in [5.41, 5.74) is 0.604. The van der Waals surface area contributed by atoms with Crippen LogP contribution < -0.4 is 4.83 Å². The van der Waals surface area contributed by atoms with E-state index in [-0.39, 0.29) is 10.6 Å². The Hall–Kier alpha value is -2.26. The molecule has 1 aromatic carbocycles. The molecule has 0 fully saturated rings. The number of nitrogens with one attached hydrogen (secondary N) is 1. The van der Waals surface area contributed by atoms with E-state index < -0.39 is 14.9 Å². The highest BCUT2D eigenvalue weighted by Gasteiger charge is 2.14. The second kappa shape index (κ2) is 5.80. The Labute approximate surface area is 118 Å². The summed E-state index contributed by atoms with van der Waals surface area (Å²) in [5, 5.41) is 17.8. The number of nitrogens with zero attached hydrogens (tertiary/aromatic N) is 2. The fourth-order valence-corrected chi connectivity index (χ4v) is 2.72. The van der Waals surface area contributed by atoms with Crippen molar-refractivity contribution in [2.45, 2.75) is 4.90 Å². The maximum atomic E-state index is 11.8. The first kappa shape index (κ1) is 14.2. The minimum Gasteiger partial charge on any atom is -0.258 e. The van der Waals surface area contributed by atoms with Crippen LogP contribution in [0, 0.1) is 10.1 Å². The molecule has 1 heterocycles. The molecule has 0 spiro atoms. The second-order valence-electron chi connectivity index (χ2n) is 3.66. The van der Waals surface area contributed by atoms with E-state index in [9.17, 15) is 18.5 Å². The van der Waals surface area contributed by atoms with Gasteiger partial charge in [0.2, 0.25) is 0 Å². The highest BCUT2D eigenvalue weighted by molar-refractivity contribution is 7.89. The van der Waals surface area contributed by atoms with Crippen LogP contribution in [-0.2, 0) is 10.0 Å². The van der Waals surface area contributed by atoms with Crippen LogP contribution >= 0.6 is 11.3 Å². The molecule has 9 heteroatoms. The molecule has 1 N–H and O–H groups in total. The van der Waals surface area contributed by atoms with Crippen molar-refractivity contribution in [3.05, 3.63) is 56.8 Å². The number of sulfonamides is 1. The normalized spacial score (nSPS) is 11.6. The largest absolute Gasteiger partial charge is 0.276 e. The van der Waals surface area contributed by atoms with Gasteiger partial charge in [-0.15, -0.1) is 0 Å². The summed E-state index contributed by atoms with van der Waals surface area (Å²) in [6.45, 7) is 0. The first-order valence-electron chi connectivity index (χ1n) is 5.30. The van der Waals surface area contributed by atoms with Gasteiger partial charge in [0.05, 0.1) is 16.0 Å².